The number of hydrogen-bond acceptors (Lipinski definition) is 3. The third kappa shape index (κ3) is 1.71. The fraction of sp³-hybridized carbons (Fsp3) is 0.0625. The van der Waals surface area contributed by atoms with Gasteiger partial charge in [-0.05, 0) is 18.2 Å². The maximum absolute atomic E-state index is 13.9. The van der Waals surface area contributed by atoms with Crippen LogP contribution in [0.25, 0.3) is 11.0 Å². The molecule has 1 N–H and O–H groups in total. The first-order valence-corrected chi connectivity index (χ1v) is 6.61. The minimum Gasteiger partial charge on any atom is -0.254 e. The van der Waals surface area contributed by atoms with Gasteiger partial charge in [0.1, 0.15) is 17.5 Å². The second-order valence-electron chi connectivity index (χ2n) is 4.90. The van der Waals surface area contributed by atoms with E-state index in [1.54, 1.807) is 29.0 Å². The van der Waals surface area contributed by atoms with Crippen molar-refractivity contribution in [3.63, 3.8) is 0 Å². The van der Waals surface area contributed by atoms with E-state index < -0.39 is 11.9 Å². The number of aromatic nitrogens is 2. The highest BCUT2D eigenvalue weighted by Gasteiger charge is 2.42. The van der Waals surface area contributed by atoms with Gasteiger partial charge in [-0.1, -0.05) is 30.3 Å². The molecule has 1 atom stereocenters. The second kappa shape index (κ2) is 4.34. The van der Waals surface area contributed by atoms with Crippen molar-refractivity contribution >= 4 is 22.8 Å². The molecule has 0 aliphatic carbocycles. The third-order valence-corrected chi connectivity index (χ3v) is 3.67. The zero-order chi connectivity index (χ0) is 14.4. The molecule has 2 aromatic carbocycles. The molecule has 4 nitrogen and oxygen atoms in total. The first-order valence-electron chi connectivity index (χ1n) is 6.61. The molecule has 1 aromatic heterocycles. The molecule has 4 rings (SSSR count). The van der Waals surface area contributed by atoms with Crippen LogP contribution in [-0.4, -0.2) is 10.9 Å². The number of carbonyl (C=O) groups is 1. The van der Waals surface area contributed by atoms with E-state index in [1.807, 2.05) is 24.3 Å². The van der Waals surface area contributed by atoms with Crippen LogP contribution in [0.4, 0.5) is 10.2 Å². The van der Waals surface area contributed by atoms with Crippen LogP contribution in [0.2, 0.25) is 0 Å². The molecule has 5 heteroatoms. The highest BCUT2D eigenvalue weighted by molar-refractivity contribution is 5.87. The summed E-state index contributed by atoms with van der Waals surface area (Å²) in [6, 6.07) is 13.0. The van der Waals surface area contributed by atoms with Crippen molar-refractivity contribution in [2.45, 2.75) is 6.04 Å². The second-order valence-corrected chi connectivity index (χ2v) is 4.90. The maximum Gasteiger partial charge on any atom is 0.364 e. The van der Waals surface area contributed by atoms with Gasteiger partial charge in [0, 0.05) is 5.56 Å². The zero-order valence-corrected chi connectivity index (χ0v) is 11.0. The van der Waals surface area contributed by atoms with Crippen molar-refractivity contribution in [1.82, 2.24) is 4.98 Å². The molecule has 0 saturated carbocycles. The summed E-state index contributed by atoms with van der Waals surface area (Å²) in [5.74, 6) is -0.0188. The molecule has 0 amide bonds. The predicted molar refractivity (Wildman–Crippen MR) is 75.3 cm³/mol. The van der Waals surface area contributed by atoms with Crippen molar-refractivity contribution < 1.29 is 13.8 Å². The maximum atomic E-state index is 13.9. The summed E-state index contributed by atoms with van der Waals surface area (Å²) in [5.41, 5.74) is 1.78. The lowest BCUT2D eigenvalue weighted by atomic mass is 10.1. The van der Waals surface area contributed by atoms with Crippen LogP contribution in [0, 0.1) is 5.82 Å². The summed E-state index contributed by atoms with van der Waals surface area (Å²) in [5, 5.41) is 3.04. The molecule has 2 heterocycles. The highest BCUT2D eigenvalue weighted by atomic mass is 19.1. The van der Waals surface area contributed by atoms with Crippen LogP contribution in [0.5, 0.6) is 0 Å². The lowest BCUT2D eigenvalue weighted by molar-refractivity contribution is -0.524. The average molecular weight is 280 g/mol. The summed E-state index contributed by atoms with van der Waals surface area (Å²) in [6.45, 7) is 0. The Morgan fingerprint density at radius 2 is 1.86 bits per heavy atom. The third-order valence-electron chi connectivity index (χ3n) is 3.67. The quantitative estimate of drug-likeness (QED) is 0.696. The molecular formula is C16H11FN3O+. The minimum atomic E-state index is -0.723. The molecule has 1 unspecified atom stereocenters. The first kappa shape index (κ1) is 12.0. The lowest BCUT2D eigenvalue weighted by Gasteiger charge is -2.04. The molecular weight excluding hydrogens is 269 g/mol. The average Bonchev–Trinajstić information content (AvgIpc) is 2.85. The Morgan fingerprint density at radius 3 is 2.71 bits per heavy atom. The molecule has 0 spiro atoms. The number of fused-ring (bicyclic) bond motifs is 3. The summed E-state index contributed by atoms with van der Waals surface area (Å²) in [7, 11) is 0. The topological polar surface area (TPSA) is 45.9 Å². The van der Waals surface area contributed by atoms with Crippen LogP contribution in [0.3, 0.4) is 0 Å². The Labute approximate surface area is 119 Å². The number of hydrogen-bond donors (Lipinski definition) is 1. The van der Waals surface area contributed by atoms with Crippen LogP contribution in [-0.2, 0) is 0 Å². The van der Waals surface area contributed by atoms with Crippen LogP contribution < -0.4 is 9.88 Å². The van der Waals surface area contributed by atoms with Crippen molar-refractivity contribution in [2.75, 3.05) is 5.32 Å². The van der Waals surface area contributed by atoms with E-state index in [4.69, 9.17) is 0 Å². The predicted octanol–water partition coefficient (Wildman–Crippen LogP) is 2.47. The van der Waals surface area contributed by atoms with Crippen LogP contribution >= 0.6 is 0 Å². The van der Waals surface area contributed by atoms with Gasteiger partial charge in [-0.2, -0.15) is 4.57 Å². The van der Waals surface area contributed by atoms with Gasteiger partial charge in [-0.3, -0.25) is 5.32 Å². The number of anilines is 1. The fourth-order valence-corrected chi connectivity index (χ4v) is 2.68. The Hall–Kier alpha value is -2.82. The minimum absolute atomic E-state index is 0.200. The smallest absolute Gasteiger partial charge is 0.254 e. The Morgan fingerprint density at radius 1 is 1.10 bits per heavy atom. The molecule has 1 aliphatic heterocycles. The Bertz CT molecular complexity index is 878. The van der Waals surface area contributed by atoms with Crippen molar-refractivity contribution in [3.8, 4) is 0 Å². The van der Waals surface area contributed by atoms with Crippen LogP contribution in [0.15, 0.2) is 54.7 Å². The number of nitrogens with zero attached hydrogens (tertiary/aromatic N) is 2. The molecule has 21 heavy (non-hydrogen) atoms. The van der Waals surface area contributed by atoms with Gasteiger partial charge in [-0.15, -0.1) is 0 Å². The largest absolute Gasteiger partial charge is 0.364 e. The van der Waals surface area contributed by atoms with Gasteiger partial charge < -0.3 is 0 Å². The summed E-state index contributed by atoms with van der Waals surface area (Å²) in [4.78, 5) is 17.0. The molecule has 3 aromatic rings. The number of nitrogens with one attached hydrogen (secondary N) is 1. The van der Waals surface area contributed by atoms with E-state index in [1.165, 1.54) is 6.07 Å². The summed E-state index contributed by atoms with van der Waals surface area (Å²) >= 11 is 0. The van der Waals surface area contributed by atoms with Crippen LogP contribution in [0.1, 0.15) is 16.4 Å². The normalized spacial score (nSPS) is 16.8. The standard InChI is InChI=1S/C16H10FN3O/c17-11-6-2-1-5-10(11)15-16(21)20-13-8-4-3-7-12(13)18-9-14(20)19-15/h1-9,15H/p+1. The van der Waals surface area contributed by atoms with Crippen molar-refractivity contribution in [2.24, 2.45) is 0 Å². The van der Waals surface area contributed by atoms with E-state index in [0.717, 1.165) is 5.52 Å². The van der Waals surface area contributed by atoms with E-state index in [9.17, 15) is 9.18 Å². The zero-order valence-electron chi connectivity index (χ0n) is 11.0. The first-order chi connectivity index (χ1) is 10.3. The number of halogens is 1. The van der Waals surface area contributed by atoms with E-state index in [0.29, 0.717) is 16.9 Å². The number of benzene rings is 2. The monoisotopic (exact) mass is 280 g/mol. The van der Waals surface area contributed by atoms with E-state index >= 15 is 0 Å². The molecule has 102 valence electrons. The van der Waals surface area contributed by atoms with E-state index in [2.05, 4.69) is 10.3 Å². The van der Waals surface area contributed by atoms with Crippen molar-refractivity contribution in [3.05, 3.63) is 66.1 Å². The van der Waals surface area contributed by atoms with Gasteiger partial charge in [-0.25, -0.2) is 14.2 Å². The molecule has 0 radical (unpaired) electrons. The Balaban J connectivity index is 1.89. The number of para-hydroxylation sites is 2. The summed E-state index contributed by atoms with van der Waals surface area (Å²) < 4.78 is 15.5. The molecule has 1 aliphatic rings. The van der Waals surface area contributed by atoms with Gasteiger partial charge in [0.2, 0.25) is 6.04 Å². The number of rotatable bonds is 1. The van der Waals surface area contributed by atoms with Gasteiger partial charge in [0.15, 0.2) is 5.52 Å². The fourth-order valence-electron chi connectivity index (χ4n) is 2.68. The van der Waals surface area contributed by atoms with Gasteiger partial charge in [0.25, 0.3) is 0 Å². The number of carbonyl (C=O) groups excluding carboxylic acids is 1. The molecule has 0 fully saturated rings. The highest BCUT2D eigenvalue weighted by Crippen LogP contribution is 2.26. The molecule has 0 saturated heterocycles. The lowest BCUT2D eigenvalue weighted by Crippen LogP contribution is -2.41. The Kier molecular flexibility index (Phi) is 2.47. The van der Waals surface area contributed by atoms with Crippen molar-refractivity contribution in [1.29, 1.82) is 0 Å². The van der Waals surface area contributed by atoms with Gasteiger partial charge in [0.05, 0.1) is 0 Å². The van der Waals surface area contributed by atoms with E-state index in [-0.39, 0.29) is 5.91 Å². The molecule has 0 bridgehead atoms. The SMILES string of the molecule is O=C1C(c2ccccc2F)Nc2cnc3ccccc3[n+]21. The van der Waals surface area contributed by atoms with Gasteiger partial charge >= 0.3 is 11.7 Å². The summed E-state index contributed by atoms with van der Waals surface area (Å²) in [6.07, 6.45) is 1.60.